The highest BCUT2D eigenvalue weighted by Gasteiger charge is 2.35. The van der Waals surface area contributed by atoms with E-state index in [9.17, 15) is 14.0 Å². The Labute approximate surface area is 229 Å². The molecule has 8 nitrogen and oxygen atoms in total. The largest absolute Gasteiger partial charge is 0.488 e. The fourth-order valence-electron chi connectivity index (χ4n) is 5.32. The summed E-state index contributed by atoms with van der Waals surface area (Å²) in [5.74, 6) is 0.325. The van der Waals surface area contributed by atoms with Gasteiger partial charge in [0.25, 0.3) is 5.91 Å². The van der Waals surface area contributed by atoms with Gasteiger partial charge in [0.2, 0.25) is 12.7 Å². The number of para-hydroxylation sites is 1. The van der Waals surface area contributed by atoms with Crippen molar-refractivity contribution in [2.24, 2.45) is 0 Å². The van der Waals surface area contributed by atoms with Crippen LogP contribution in [0.1, 0.15) is 39.7 Å². The van der Waals surface area contributed by atoms with E-state index < -0.39 is 11.9 Å². The number of rotatable bonds is 8. The summed E-state index contributed by atoms with van der Waals surface area (Å²) >= 11 is 1.64. The van der Waals surface area contributed by atoms with Crippen LogP contribution in [0.5, 0.6) is 17.2 Å². The first kappa shape index (κ1) is 25.6. The predicted molar refractivity (Wildman–Crippen MR) is 142 cm³/mol. The molecule has 1 saturated heterocycles. The summed E-state index contributed by atoms with van der Waals surface area (Å²) < 4.78 is 36.8. The van der Waals surface area contributed by atoms with Crippen LogP contribution in [0.25, 0.3) is 0 Å². The minimum Gasteiger partial charge on any atom is -0.488 e. The third-order valence-corrected chi connectivity index (χ3v) is 8.33. The number of ether oxygens (including phenoxy) is 4. The Morgan fingerprint density at radius 3 is 2.85 bits per heavy atom. The molecule has 2 unspecified atom stereocenters. The fourth-order valence-corrected chi connectivity index (χ4v) is 6.25. The SMILES string of the molecule is O=C(c1ccc2c(c1)OCO2)N(CC(=O)N1CCc2sccc2C1COc1ccccc1F)CC1CCCO1. The molecule has 3 aromatic rings. The minimum atomic E-state index is -0.450. The third-order valence-electron chi connectivity index (χ3n) is 7.33. The van der Waals surface area contributed by atoms with E-state index in [0.717, 1.165) is 24.8 Å². The van der Waals surface area contributed by atoms with Crippen molar-refractivity contribution < 1.29 is 32.9 Å². The summed E-state index contributed by atoms with van der Waals surface area (Å²) in [5.41, 5.74) is 1.42. The molecule has 0 spiro atoms. The Kier molecular flexibility index (Phi) is 7.38. The van der Waals surface area contributed by atoms with E-state index in [1.165, 1.54) is 10.9 Å². The molecule has 6 rings (SSSR count). The molecule has 39 heavy (non-hydrogen) atoms. The lowest BCUT2D eigenvalue weighted by molar-refractivity contribution is -0.135. The standard InChI is InChI=1S/C29H29FN2O6S/c30-22-5-1-2-6-24(22)36-17-23-21-10-13-39-27(21)9-11-32(23)28(33)16-31(15-20-4-3-12-35-20)29(34)19-7-8-25-26(14-19)38-18-37-25/h1-2,5-8,10,13-14,20,23H,3-4,9,11-12,15-18H2. The van der Waals surface area contributed by atoms with Gasteiger partial charge < -0.3 is 28.7 Å². The van der Waals surface area contributed by atoms with Gasteiger partial charge in [-0.25, -0.2) is 4.39 Å². The molecule has 10 heteroatoms. The molecule has 2 aromatic carbocycles. The zero-order valence-electron chi connectivity index (χ0n) is 21.3. The molecule has 0 bridgehead atoms. The Morgan fingerprint density at radius 1 is 1.13 bits per heavy atom. The van der Waals surface area contributed by atoms with Gasteiger partial charge in [-0.05, 0) is 66.6 Å². The number of thiophene rings is 1. The number of hydrogen-bond donors (Lipinski definition) is 0. The van der Waals surface area contributed by atoms with Gasteiger partial charge in [0, 0.05) is 30.1 Å². The van der Waals surface area contributed by atoms with Crippen LogP contribution >= 0.6 is 11.3 Å². The molecule has 0 N–H and O–H groups in total. The van der Waals surface area contributed by atoms with Gasteiger partial charge in [0.1, 0.15) is 13.2 Å². The molecule has 0 aliphatic carbocycles. The number of carbonyl (C=O) groups is 2. The predicted octanol–water partition coefficient (Wildman–Crippen LogP) is 4.44. The fraction of sp³-hybridized carbons (Fsp3) is 0.379. The normalized spacial score (nSPS) is 19.6. The van der Waals surface area contributed by atoms with Crippen molar-refractivity contribution in [2.75, 3.05) is 39.6 Å². The summed E-state index contributed by atoms with van der Waals surface area (Å²) in [6.07, 6.45) is 2.35. The van der Waals surface area contributed by atoms with Crippen LogP contribution in [0.4, 0.5) is 4.39 Å². The van der Waals surface area contributed by atoms with E-state index in [0.29, 0.717) is 36.8 Å². The molecule has 2 atom stereocenters. The molecule has 2 amide bonds. The zero-order valence-corrected chi connectivity index (χ0v) is 22.2. The van der Waals surface area contributed by atoms with Gasteiger partial charge in [-0.1, -0.05) is 12.1 Å². The highest BCUT2D eigenvalue weighted by molar-refractivity contribution is 7.10. The van der Waals surface area contributed by atoms with Crippen molar-refractivity contribution in [1.82, 2.24) is 9.80 Å². The maximum Gasteiger partial charge on any atom is 0.254 e. The number of halogens is 1. The lowest BCUT2D eigenvalue weighted by Gasteiger charge is -2.37. The number of fused-ring (bicyclic) bond motifs is 2. The Balaban J connectivity index is 1.22. The maximum absolute atomic E-state index is 14.3. The van der Waals surface area contributed by atoms with E-state index in [4.69, 9.17) is 18.9 Å². The van der Waals surface area contributed by atoms with Gasteiger partial charge >= 0.3 is 0 Å². The Morgan fingerprint density at radius 2 is 2.00 bits per heavy atom. The first-order chi connectivity index (χ1) is 19.1. The lowest BCUT2D eigenvalue weighted by Crippen LogP contribution is -2.49. The summed E-state index contributed by atoms with van der Waals surface area (Å²) in [6.45, 7) is 1.56. The minimum absolute atomic E-state index is 0.108. The highest BCUT2D eigenvalue weighted by atomic mass is 32.1. The number of hydrogen-bond acceptors (Lipinski definition) is 7. The molecular formula is C29H29FN2O6S. The maximum atomic E-state index is 14.3. The van der Waals surface area contributed by atoms with Gasteiger partial charge in [0.15, 0.2) is 23.1 Å². The summed E-state index contributed by atoms with van der Waals surface area (Å²) in [7, 11) is 0. The number of carbonyl (C=O) groups excluding carboxylic acids is 2. The zero-order chi connectivity index (χ0) is 26.8. The molecule has 3 aliphatic heterocycles. The third kappa shape index (κ3) is 5.44. The van der Waals surface area contributed by atoms with Crippen LogP contribution in [0, 0.1) is 5.82 Å². The molecule has 4 heterocycles. The smallest absolute Gasteiger partial charge is 0.254 e. The van der Waals surface area contributed by atoms with Gasteiger partial charge in [-0.15, -0.1) is 11.3 Å². The molecule has 204 valence electrons. The van der Waals surface area contributed by atoms with Crippen molar-refractivity contribution in [3.05, 3.63) is 75.7 Å². The first-order valence-corrected chi connectivity index (χ1v) is 14.0. The van der Waals surface area contributed by atoms with Crippen molar-refractivity contribution in [2.45, 2.75) is 31.4 Å². The molecule has 3 aliphatic rings. The van der Waals surface area contributed by atoms with E-state index in [2.05, 4.69) is 0 Å². The van der Waals surface area contributed by atoms with Gasteiger partial charge in [-0.2, -0.15) is 0 Å². The summed E-state index contributed by atoms with van der Waals surface area (Å²) in [6, 6.07) is 12.9. The van der Waals surface area contributed by atoms with Crippen LogP contribution in [0.15, 0.2) is 53.9 Å². The average Bonchev–Trinajstić information content (AvgIpc) is 3.73. The second-order valence-electron chi connectivity index (χ2n) is 9.78. The summed E-state index contributed by atoms with van der Waals surface area (Å²) in [5, 5.41) is 2.00. The van der Waals surface area contributed by atoms with Crippen LogP contribution in [-0.2, 0) is 16.0 Å². The van der Waals surface area contributed by atoms with Crippen molar-refractivity contribution >= 4 is 23.2 Å². The molecule has 0 saturated carbocycles. The number of amides is 2. The Hall–Kier alpha value is -3.63. The second kappa shape index (κ2) is 11.2. The molecule has 1 fully saturated rings. The highest BCUT2D eigenvalue weighted by Crippen LogP contribution is 2.35. The van der Waals surface area contributed by atoms with Gasteiger partial charge in [-0.3, -0.25) is 9.59 Å². The molecular weight excluding hydrogens is 523 g/mol. The van der Waals surface area contributed by atoms with Crippen LogP contribution < -0.4 is 14.2 Å². The number of nitrogens with zero attached hydrogens (tertiary/aromatic N) is 2. The summed E-state index contributed by atoms with van der Waals surface area (Å²) in [4.78, 5) is 32.0. The lowest BCUT2D eigenvalue weighted by atomic mass is 10.00. The molecule has 1 aromatic heterocycles. The van der Waals surface area contributed by atoms with Crippen LogP contribution in [0.2, 0.25) is 0 Å². The van der Waals surface area contributed by atoms with E-state index in [1.807, 2.05) is 11.4 Å². The van der Waals surface area contributed by atoms with Crippen molar-refractivity contribution in [3.63, 3.8) is 0 Å². The topological polar surface area (TPSA) is 77.5 Å². The van der Waals surface area contributed by atoms with Crippen LogP contribution in [0.3, 0.4) is 0 Å². The second-order valence-corrected chi connectivity index (χ2v) is 10.8. The van der Waals surface area contributed by atoms with Crippen molar-refractivity contribution in [1.29, 1.82) is 0 Å². The van der Waals surface area contributed by atoms with E-state index in [1.54, 1.807) is 57.5 Å². The van der Waals surface area contributed by atoms with Gasteiger partial charge in [0.05, 0.1) is 12.1 Å². The average molecular weight is 553 g/mol. The monoisotopic (exact) mass is 552 g/mol. The van der Waals surface area contributed by atoms with Crippen molar-refractivity contribution in [3.8, 4) is 17.2 Å². The van der Waals surface area contributed by atoms with Crippen LogP contribution in [-0.4, -0.2) is 67.4 Å². The number of benzene rings is 2. The quantitative estimate of drug-likeness (QED) is 0.411. The Bertz CT molecular complexity index is 1360. The van der Waals surface area contributed by atoms with E-state index in [-0.39, 0.29) is 43.6 Å². The van der Waals surface area contributed by atoms with E-state index >= 15 is 0 Å². The molecule has 0 radical (unpaired) electrons. The first-order valence-electron chi connectivity index (χ1n) is 13.1.